The second-order valence-electron chi connectivity index (χ2n) is 6.81. The van der Waals surface area contributed by atoms with Gasteiger partial charge in [0, 0.05) is 25.3 Å². The minimum atomic E-state index is -0.935. The second kappa shape index (κ2) is 8.89. The molecule has 0 spiro atoms. The summed E-state index contributed by atoms with van der Waals surface area (Å²) in [6.07, 6.45) is 6.35. The van der Waals surface area contributed by atoms with Gasteiger partial charge in [0.1, 0.15) is 4.32 Å². The highest BCUT2D eigenvalue weighted by atomic mass is 32.2. The summed E-state index contributed by atoms with van der Waals surface area (Å²) in [6.45, 7) is 4.52. The van der Waals surface area contributed by atoms with E-state index in [0.717, 1.165) is 31.5 Å². The first-order chi connectivity index (χ1) is 13.0. The predicted octanol–water partition coefficient (Wildman–Crippen LogP) is 3.92. The molecule has 0 aromatic heterocycles. The monoisotopic (exact) mass is 404 g/mol. The molecule has 0 aliphatic carbocycles. The van der Waals surface area contributed by atoms with E-state index >= 15 is 0 Å². The molecule has 2 heterocycles. The summed E-state index contributed by atoms with van der Waals surface area (Å²) in [7, 11) is 0. The Morgan fingerprint density at radius 3 is 2.93 bits per heavy atom. The van der Waals surface area contributed by atoms with E-state index in [0.29, 0.717) is 9.23 Å². The number of nitrogens with zero attached hydrogens (tertiary/aromatic N) is 2. The number of unbranched alkanes of at least 4 members (excludes halogenated alkanes) is 1. The standard InChI is InChI=1S/C20H24N2O3S2/c1-2-3-9-21-10-4-5-15-12-14(6-7-16(15)21)13-17-19(25)22(20(26)27-17)11-8-18(23)24/h6-7,12-13H,2-5,8-11H2,1H3,(H,23,24)/b17-13-. The molecule has 3 rings (SSSR count). The number of hydrogen-bond donors (Lipinski definition) is 1. The van der Waals surface area contributed by atoms with E-state index in [1.165, 1.54) is 40.8 Å². The lowest BCUT2D eigenvalue weighted by Crippen LogP contribution is -2.30. The van der Waals surface area contributed by atoms with Gasteiger partial charge in [0.25, 0.3) is 5.91 Å². The van der Waals surface area contributed by atoms with Crippen molar-refractivity contribution >= 4 is 51.9 Å². The number of aliphatic carboxylic acids is 1. The van der Waals surface area contributed by atoms with Crippen molar-refractivity contribution in [2.75, 3.05) is 24.5 Å². The Hall–Kier alpha value is -1.86. The van der Waals surface area contributed by atoms with Crippen LogP contribution in [0.5, 0.6) is 0 Å². The molecule has 1 N–H and O–H groups in total. The fourth-order valence-corrected chi connectivity index (χ4v) is 4.73. The van der Waals surface area contributed by atoms with Crippen LogP contribution < -0.4 is 4.90 Å². The van der Waals surface area contributed by atoms with Crippen LogP contribution in [-0.4, -0.2) is 45.8 Å². The van der Waals surface area contributed by atoms with Gasteiger partial charge in [-0.3, -0.25) is 14.5 Å². The molecule has 1 aromatic rings. The van der Waals surface area contributed by atoms with Crippen LogP contribution in [0.15, 0.2) is 23.1 Å². The molecule has 0 saturated carbocycles. The molecular formula is C20H24N2O3S2. The summed E-state index contributed by atoms with van der Waals surface area (Å²) in [4.78, 5) is 27.7. The first kappa shape index (κ1) is 19.9. The van der Waals surface area contributed by atoms with Crippen molar-refractivity contribution in [3.8, 4) is 0 Å². The van der Waals surface area contributed by atoms with Crippen LogP contribution in [0.2, 0.25) is 0 Å². The van der Waals surface area contributed by atoms with Crippen LogP contribution in [0.25, 0.3) is 6.08 Å². The lowest BCUT2D eigenvalue weighted by Gasteiger charge is -2.31. The molecule has 0 unspecified atom stereocenters. The Labute approximate surface area is 169 Å². The zero-order valence-electron chi connectivity index (χ0n) is 15.4. The van der Waals surface area contributed by atoms with Gasteiger partial charge in [0.05, 0.1) is 11.3 Å². The molecule has 1 fully saturated rings. The lowest BCUT2D eigenvalue weighted by atomic mass is 9.98. The Kier molecular flexibility index (Phi) is 6.55. The summed E-state index contributed by atoms with van der Waals surface area (Å²) >= 11 is 6.49. The predicted molar refractivity (Wildman–Crippen MR) is 114 cm³/mol. The molecule has 5 nitrogen and oxygen atoms in total. The lowest BCUT2D eigenvalue weighted by molar-refractivity contribution is -0.137. The fraction of sp³-hybridized carbons (Fsp3) is 0.450. The SMILES string of the molecule is CCCCN1CCCc2cc(/C=C3\SC(=S)N(CCC(=O)O)C3=O)ccc21. The van der Waals surface area contributed by atoms with E-state index in [1.54, 1.807) is 0 Å². The van der Waals surface area contributed by atoms with E-state index in [1.807, 2.05) is 12.1 Å². The van der Waals surface area contributed by atoms with Crippen molar-refractivity contribution in [1.29, 1.82) is 0 Å². The Morgan fingerprint density at radius 1 is 1.37 bits per heavy atom. The third kappa shape index (κ3) is 4.71. The van der Waals surface area contributed by atoms with Crippen molar-refractivity contribution in [1.82, 2.24) is 4.90 Å². The Bertz CT molecular complexity index is 791. The van der Waals surface area contributed by atoms with Gasteiger partial charge in [-0.25, -0.2) is 0 Å². The van der Waals surface area contributed by atoms with Gasteiger partial charge in [-0.1, -0.05) is 43.4 Å². The van der Waals surface area contributed by atoms with E-state index in [9.17, 15) is 9.59 Å². The minimum Gasteiger partial charge on any atom is -0.481 e. The molecular weight excluding hydrogens is 380 g/mol. The van der Waals surface area contributed by atoms with Gasteiger partial charge < -0.3 is 10.0 Å². The summed E-state index contributed by atoms with van der Waals surface area (Å²) in [5.41, 5.74) is 3.62. The molecule has 0 atom stereocenters. The smallest absolute Gasteiger partial charge is 0.305 e. The van der Waals surface area contributed by atoms with E-state index in [2.05, 4.69) is 24.0 Å². The maximum atomic E-state index is 12.5. The number of carbonyl (C=O) groups excluding carboxylic acids is 1. The number of benzene rings is 1. The fourth-order valence-electron chi connectivity index (χ4n) is 3.42. The van der Waals surface area contributed by atoms with Crippen LogP contribution in [0.1, 0.15) is 43.7 Å². The molecule has 1 amide bonds. The van der Waals surface area contributed by atoms with Gasteiger partial charge in [-0.15, -0.1) is 0 Å². The van der Waals surface area contributed by atoms with Crippen LogP contribution in [0.4, 0.5) is 5.69 Å². The molecule has 2 aliphatic rings. The van der Waals surface area contributed by atoms with Gasteiger partial charge in [0.2, 0.25) is 0 Å². The Balaban J connectivity index is 1.77. The average molecular weight is 405 g/mol. The minimum absolute atomic E-state index is 0.105. The summed E-state index contributed by atoms with van der Waals surface area (Å²) < 4.78 is 0.427. The molecule has 0 radical (unpaired) electrons. The number of thiocarbonyl (C=S) groups is 1. The van der Waals surface area contributed by atoms with E-state index < -0.39 is 5.97 Å². The number of carboxylic acid groups (broad SMARTS) is 1. The molecule has 27 heavy (non-hydrogen) atoms. The third-order valence-corrected chi connectivity index (χ3v) is 6.20. The highest BCUT2D eigenvalue weighted by Crippen LogP contribution is 2.34. The van der Waals surface area contributed by atoms with Gasteiger partial charge in [-0.05, 0) is 48.6 Å². The maximum absolute atomic E-state index is 12.5. The van der Waals surface area contributed by atoms with E-state index in [-0.39, 0.29) is 18.9 Å². The van der Waals surface area contributed by atoms with Crippen LogP contribution >= 0.6 is 24.0 Å². The molecule has 1 saturated heterocycles. The van der Waals surface area contributed by atoms with Crippen molar-refractivity contribution in [3.63, 3.8) is 0 Å². The van der Waals surface area contributed by atoms with Crippen molar-refractivity contribution < 1.29 is 14.7 Å². The quantitative estimate of drug-likeness (QED) is 0.549. The number of thioether (sulfide) groups is 1. The average Bonchev–Trinajstić information content (AvgIpc) is 2.91. The summed E-state index contributed by atoms with van der Waals surface area (Å²) in [5.74, 6) is -1.14. The number of fused-ring (bicyclic) bond motifs is 1. The van der Waals surface area contributed by atoms with Gasteiger partial charge >= 0.3 is 5.97 Å². The first-order valence-electron chi connectivity index (χ1n) is 9.34. The summed E-state index contributed by atoms with van der Waals surface area (Å²) in [5, 5.41) is 8.83. The number of rotatable bonds is 7. The number of anilines is 1. The van der Waals surface area contributed by atoms with E-state index in [4.69, 9.17) is 17.3 Å². The van der Waals surface area contributed by atoms with Crippen molar-refractivity contribution in [2.24, 2.45) is 0 Å². The van der Waals surface area contributed by atoms with Crippen LogP contribution in [0, 0.1) is 0 Å². The molecule has 2 aliphatic heterocycles. The highest BCUT2D eigenvalue weighted by molar-refractivity contribution is 8.26. The number of carboxylic acids is 1. The molecule has 144 valence electrons. The van der Waals surface area contributed by atoms with Crippen molar-refractivity contribution in [2.45, 2.75) is 39.0 Å². The van der Waals surface area contributed by atoms with Gasteiger partial charge in [0.15, 0.2) is 0 Å². The number of hydrogen-bond acceptors (Lipinski definition) is 5. The number of amides is 1. The molecule has 0 bridgehead atoms. The molecule has 1 aromatic carbocycles. The topological polar surface area (TPSA) is 60.9 Å². The summed E-state index contributed by atoms with van der Waals surface area (Å²) in [6, 6.07) is 6.37. The number of aryl methyl sites for hydroxylation is 1. The van der Waals surface area contributed by atoms with Gasteiger partial charge in [-0.2, -0.15) is 0 Å². The number of carbonyl (C=O) groups is 2. The van der Waals surface area contributed by atoms with Crippen molar-refractivity contribution in [3.05, 3.63) is 34.2 Å². The highest BCUT2D eigenvalue weighted by Gasteiger charge is 2.32. The maximum Gasteiger partial charge on any atom is 0.305 e. The Morgan fingerprint density at radius 2 is 2.19 bits per heavy atom. The first-order valence-corrected chi connectivity index (χ1v) is 10.6. The zero-order chi connectivity index (χ0) is 19.4. The largest absolute Gasteiger partial charge is 0.481 e. The molecule has 7 heteroatoms. The third-order valence-electron chi connectivity index (χ3n) is 4.82. The normalized spacial score (nSPS) is 18.3. The van der Waals surface area contributed by atoms with Crippen LogP contribution in [0.3, 0.4) is 0 Å². The van der Waals surface area contributed by atoms with Crippen LogP contribution in [-0.2, 0) is 16.0 Å². The second-order valence-corrected chi connectivity index (χ2v) is 8.49. The zero-order valence-corrected chi connectivity index (χ0v) is 17.1.